The summed E-state index contributed by atoms with van der Waals surface area (Å²) in [6.45, 7) is 2.44. The number of benzene rings is 4. The van der Waals surface area contributed by atoms with Crippen LogP contribution in [0.1, 0.15) is 28.4 Å². The number of fused-ring (bicyclic) bond motifs is 1. The zero-order chi connectivity index (χ0) is 30.2. The number of carbonyl (C=O) groups excluding carboxylic acids is 2. The monoisotopic (exact) mass is 592 g/mol. The molecule has 0 aliphatic carbocycles. The van der Waals surface area contributed by atoms with Gasteiger partial charge in [0.1, 0.15) is 22.8 Å². The van der Waals surface area contributed by atoms with Crippen LogP contribution < -0.4 is 21.0 Å². The zero-order valence-electron chi connectivity index (χ0n) is 23.2. The lowest BCUT2D eigenvalue weighted by atomic mass is 10.1. The summed E-state index contributed by atoms with van der Waals surface area (Å²) in [7, 11) is 0. The fourth-order valence-electron chi connectivity index (χ4n) is 4.20. The molecule has 0 spiro atoms. The van der Waals surface area contributed by atoms with Crippen molar-refractivity contribution in [3.8, 4) is 11.5 Å². The number of amides is 2. The highest BCUT2D eigenvalue weighted by Crippen LogP contribution is 2.27. The van der Waals surface area contributed by atoms with Crippen molar-refractivity contribution in [3.63, 3.8) is 0 Å². The summed E-state index contributed by atoms with van der Waals surface area (Å²) in [5.41, 5.74) is 2.02. The van der Waals surface area contributed by atoms with Crippen molar-refractivity contribution in [1.29, 1.82) is 0 Å². The first-order valence-electron chi connectivity index (χ1n) is 13.5. The SMILES string of the molecule is CCOc1ccc(/C=C(\NC(=O)c2ccccc2)C(=O)Nc2cccc(SCc3cc4ccc(O)cc4oc3=O)c2)cc1. The molecule has 0 saturated carbocycles. The lowest BCUT2D eigenvalue weighted by Crippen LogP contribution is -2.30. The molecule has 0 saturated heterocycles. The van der Waals surface area contributed by atoms with Crippen molar-refractivity contribution >= 4 is 46.3 Å². The van der Waals surface area contributed by atoms with Crippen LogP contribution in [0.2, 0.25) is 0 Å². The van der Waals surface area contributed by atoms with Gasteiger partial charge in [-0.05, 0) is 79.2 Å². The zero-order valence-corrected chi connectivity index (χ0v) is 24.0. The highest BCUT2D eigenvalue weighted by atomic mass is 32.2. The Morgan fingerprint density at radius 3 is 2.49 bits per heavy atom. The number of aromatic hydroxyl groups is 1. The number of hydrogen-bond acceptors (Lipinski definition) is 7. The van der Waals surface area contributed by atoms with E-state index in [4.69, 9.17) is 9.15 Å². The summed E-state index contributed by atoms with van der Waals surface area (Å²) in [6, 6.07) is 29.4. The van der Waals surface area contributed by atoms with Crippen molar-refractivity contribution in [1.82, 2.24) is 5.32 Å². The van der Waals surface area contributed by atoms with E-state index < -0.39 is 17.4 Å². The van der Waals surface area contributed by atoms with Gasteiger partial charge in [0.15, 0.2) is 0 Å². The van der Waals surface area contributed by atoms with Gasteiger partial charge in [0.2, 0.25) is 0 Å². The average Bonchev–Trinajstić information content (AvgIpc) is 3.01. The maximum Gasteiger partial charge on any atom is 0.340 e. The second-order valence-electron chi connectivity index (χ2n) is 9.43. The molecule has 0 unspecified atom stereocenters. The van der Waals surface area contributed by atoms with Gasteiger partial charge in [0.05, 0.1) is 6.61 Å². The number of nitrogens with one attached hydrogen (secondary N) is 2. The van der Waals surface area contributed by atoms with Crippen LogP contribution in [0.3, 0.4) is 0 Å². The first-order chi connectivity index (χ1) is 20.9. The quantitative estimate of drug-likeness (QED) is 0.0950. The molecule has 4 aromatic carbocycles. The molecule has 216 valence electrons. The van der Waals surface area contributed by atoms with Gasteiger partial charge < -0.3 is 24.9 Å². The predicted octanol–water partition coefficient (Wildman–Crippen LogP) is 6.60. The minimum Gasteiger partial charge on any atom is -0.508 e. The van der Waals surface area contributed by atoms with Crippen molar-refractivity contribution in [2.45, 2.75) is 17.6 Å². The van der Waals surface area contributed by atoms with Crippen LogP contribution in [0, 0.1) is 0 Å². The summed E-state index contributed by atoms with van der Waals surface area (Å²) < 4.78 is 10.9. The van der Waals surface area contributed by atoms with E-state index in [0.717, 1.165) is 4.90 Å². The van der Waals surface area contributed by atoms with Crippen LogP contribution >= 0.6 is 11.8 Å². The highest BCUT2D eigenvalue weighted by Gasteiger charge is 2.16. The number of thioether (sulfide) groups is 1. The van der Waals surface area contributed by atoms with Crippen LogP contribution in [0.5, 0.6) is 11.5 Å². The molecule has 1 heterocycles. The third-order valence-electron chi connectivity index (χ3n) is 6.31. The fraction of sp³-hybridized carbons (Fsp3) is 0.0882. The highest BCUT2D eigenvalue weighted by molar-refractivity contribution is 7.98. The third-order valence-corrected chi connectivity index (χ3v) is 7.35. The molecule has 2 amide bonds. The lowest BCUT2D eigenvalue weighted by Gasteiger charge is -2.12. The summed E-state index contributed by atoms with van der Waals surface area (Å²) in [4.78, 5) is 39.7. The summed E-state index contributed by atoms with van der Waals surface area (Å²) in [5.74, 6) is 0.148. The van der Waals surface area contributed by atoms with E-state index in [1.807, 2.05) is 19.1 Å². The maximum atomic E-state index is 13.4. The third kappa shape index (κ3) is 7.72. The topological polar surface area (TPSA) is 118 Å². The largest absolute Gasteiger partial charge is 0.508 e. The number of ether oxygens (including phenoxy) is 1. The molecule has 8 nitrogen and oxygen atoms in total. The summed E-state index contributed by atoms with van der Waals surface area (Å²) in [6.07, 6.45) is 1.60. The van der Waals surface area contributed by atoms with Crippen LogP contribution in [0.25, 0.3) is 17.0 Å². The van der Waals surface area contributed by atoms with Crippen LogP contribution in [0.15, 0.2) is 123 Å². The molecule has 9 heteroatoms. The Morgan fingerprint density at radius 1 is 0.930 bits per heavy atom. The Balaban J connectivity index is 1.33. The Morgan fingerprint density at radius 2 is 1.72 bits per heavy atom. The van der Waals surface area contributed by atoms with Gasteiger partial charge in [0, 0.05) is 38.9 Å². The Kier molecular flexibility index (Phi) is 9.23. The molecule has 0 aliphatic heterocycles. The van der Waals surface area contributed by atoms with Crippen molar-refractivity contribution in [2.24, 2.45) is 0 Å². The normalized spacial score (nSPS) is 11.2. The maximum absolute atomic E-state index is 13.4. The Labute approximate surface area is 252 Å². The van der Waals surface area contributed by atoms with Gasteiger partial charge in [-0.1, -0.05) is 36.4 Å². The van der Waals surface area contributed by atoms with E-state index in [9.17, 15) is 19.5 Å². The molecule has 5 rings (SSSR count). The van der Waals surface area contributed by atoms with Crippen LogP contribution in [-0.4, -0.2) is 23.5 Å². The number of rotatable bonds is 10. The average molecular weight is 593 g/mol. The Hall–Kier alpha value is -5.28. The minimum atomic E-state index is -0.501. The molecule has 1 aromatic heterocycles. The van der Waals surface area contributed by atoms with Crippen LogP contribution in [0.4, 0.5) is 5.69 Å². The van der Waals surface area contributed by atoms with Gasteiger partial charge in [-0.25, -0.2) is 4.79 Å². The molecule has 43 heavy (non-hydrogen) atoms. The first kappa shape index (κ1) is 29.2. The molecular weight excluding hydrogens is 564 g/mol. The van der Waals surface area contributed by atoms with Gasteiger partial charge in [-0.3, -0.25) is 9.59 Å². The van der Waals surface area contributed by atoms with Gasteiger partial charge >= 0.3 is 5.63 Å². The fourth-order valence-corrected chi connectivity index (χ4v) is 5.11. The van der Waals surface area contributed by atoms with E-state index in [1.165, 1.54) is 23.9 Å². The molecule has 0 fully saturated rings. The smallest absolute Gasteiger partial charge is 0.340 e. The predicted molar refractivity (Wildman–Crippen MR) is 168 cm³/mol. The number of phenols is 1. The number of phenolic OH excluding ortho intramolecular Hbond substituents is 1. The van der Waals surface area contributed by atoms with Crippen LogP contribution in [-0.2, 0) is 10.5 Å². The van der Waals surface area contributed by atoms with E-state index in [1.54, 1.807) is 84.9 Å². The first-order valence-corrected chi connectivity index (χ1v) is 14.5. The molecule has 3 N–H and O–H groups in total. The number of anilines is 1. The molecule has 5 aromatic rings. The Bertz CT molecular complexity index is 1850. The number of carbonyl (C=O) groups is 2. The molecule has 0 bridgehead atoms. The second kappa shape index (κ2) is 13.6. The van der Waals surface area contributed by atoms with E-state index in [2.05, 4.69) is 10.6 Å². The minimum absolute atomic E-state index is 0.0220. The van der Waals surface area contributed by atoms with Gasteiger partial charge in [0.25, 0.3) is 11.8 Å². The number of hydrogen-bond donors (Lipinski definition) is 3. The van der Waals surface area contributed by atoms with Gasteiger partial charge in [-0.2, -0.15) is 0 Å². The summed E-state index contributed by atoms with van der Waals surface area (Å²) >= 11 is 1.41. The van der Waals surface area contributed by atoms with Gasteiger partial charge in [-0.15, -0.1) is 11.8 Å². The van der Waals surface area contributed by atoms with E-state index >= 15 is 0 Å². The van der Waals surface area contributed by atoms with Crippen molar-refractivity contribution < 1.29 is 23.8 Å². The molecule has 0 atom stereocenters. The molecule has 0 radical (unpaired) electrons. The summed E-state index contributed by atoms with van der Waals surface area (Å²) in [5, 5.41) is 16.0. The standard InChI is InChI=1S/C34H28N2O6S/c1-2-41-28-15-11-22(12-16-28)17-30(36-32(38)23-7-4-3-5-8-23)33(39)35-26-9-6-10-29(19-26)43-21-25-18-24-13-14-27(37)20-31(24)42-34(25)40/h3-20,37H,2,21H2,1H3,(H,35,39)(H,36,38)/b30-17-. The van der Waals surface area contributed by atoms with E-state index in [0.29, 0.717) is 51.5 Å². The van der Waals surface area contributed by atoms with Crippen molar-refractivity contribution in [3.05, 3.63) is 136 Å². The lowest BCUT2D eigenvalue weighted by molar-refractivity contribution is -0.113. The molecular formula is C34H28N2O6S. The van der Waals surface area contributed by atoms with E-state index in [-0.39, 0.29) is 11.4 Å². The molecule has 0 aliphatic rings. The second-order valence-corrected chi connectivity index (χ2v) is 10.5. The van der Waals surface area contributed by atoms with Crippen molar-refractivity contribution in [2.75, 3.05) is 11.9 Å².